The fourth-order valence-electron chi connectivity index (χ4n) is 2.59. The highest BCUT2D eigenvalue weighted by atomic mass is 32.1. The average Bonchev–Trinajstić information content (AvgIpc) is 3.14. The number of halogens is 3. The van der Waals surface area contributed by atoms with Crippen molar-refractivity contribution in [2.24, 2.45) is 0 Å². The van der Waals surface area contributed by atoms with Crippen LogP contribution in [0.25, 0.3) is 11.1 Å². The summed E-state index contributed by atoms with van der Waals surface area (Å²) < 4.78 is 51.3. The lowest BCUT2D eigenvalue weighted by Gasteiger charge is -2.17. The first-order valence-electron chi connectivity index (χ1n) is 8.00. The third kappa shape index (κ3) is 4.26. The Kier molecular flexibility index (Phi) is 5.64. The van der Waals surface area contributed by atoms with Gasteiger partial charge in [0.1, 0.15) is 5.75 Å². The molecule has 29 heavy (non-hydrogen) atoms. The molecule has 8 nitrogen and oxygen atoms in total. The number of carbonyl (C=O) groups excluding carboxylic acids is 1. The van der Waals surface area contributed by atoms with E-state index in [0.29, 0.717) is 0 Å². The summed E-state index contributed by atoms with van der Waals surface area (Å²) in [5, 5.41) is 9.76. The van der Waals surface area contributed by atoms with Crippen LogP contribution >= 0.6 is 11.3 Å². The van der Waals surface area contributed by atoms with E-state index in [0.717, 1.165) is 11.3 Å². The van der Waals surface area contributed by atoms with E-state index < -0.39 is 23.3 Å². The van der Waals surface area contributed by atoms with Crippen LogP contribution in [0.2, 0.25) is 0 Å². The molecule has 1 amide bonds. The first-order valence-corrected chi connectivity index (χ1v) is 8.82. The predicted molar refractivity (Wildman–Crippen MR) is 98.2 cm³/mol. The Hall–Kier alpha value is -3.28. The van der Waals surface area contributed by atoms with E-state index in [1.54, 1.807) is 0 Å². The largest absolute Gasteiger partial charge is 0.494 e. The molecule has 0 radical (unpaired) electrons. The second-order valence-electron chi connectivity index (χ2n) is 5.64. The van der Waals surface area contributed by atoms with Crippen LogP contribution in [0.3, 0.4) is 0 Å². The number of rotatable bonds is 5. The smallest absolute Gasteiger partial charge is 0.434 e. The molecule has 3 rings (SSSR count). The zero-order valence-electron chi connectivity index (χ0n) is 15.4. The molecule has 0 fully saturated rings. The summed E-state index contributed by atoms with van der Waals surface area (Å²) in [5.41, 5.74) is -1.64. The molecule has 0 aliphatic rings. The molecule has 152 valence electrons. The molecule has 0 aliphatic heterocycles. The van der Waals surface area contributed by atoms with Crippen molar-refractivity contribution in [1.29, 1.82) is 0 Å². The first kappa shape index (κ1) is 20.5. The second-order valence-corrected chi connectivity index (χ2v) is 6.58. The number of ether oxygens (including phenoxy) is 2. The van der Waals surface area contributed by atoms with Gasteiger partial charge in [0, 0.05) is 23.0 Å². The monoisotopic (exact) mass is 425 g/mol. The minimum atomic E-state index is -4.87. The number of anilines is 1. The Labute approximate surface area is 166 Å². The summed E-state index contributed by atoms with van der Waals surface area (Å²) >= 11 is 0.869. The number of aryl methyl sites for hydroxylation is 1. The van der Waals surface area contributed by atoms with Crippen LogP contribution < -0.4 is 14.8 Å². The molecule has 0 saturated carbocycles. The molecule has 0 bridgehead atoms. The Balaban J connectivity index is 2.20. The Morgan fingerprint density at radius 2 is 1.93 bits per heavy atom. The molecule has 0 saturated heterocycles. The van der Waals surface area contributed by atoms with E-state index in [1.807, 2.05) is 0 Å². The topological polar surface area (TPSA) is 99.1 Å². The predicted octanol–water partition coefficient (Wildman–Crippen LogP) is 3.59. The van der Waals surface area contributed by atoms with E-state index in [1.165, 1.54) is 45.7 Å². The third-order valence-electron chi connectivity index (χ3n) is 3.74. The normalized spacial score (nSPS) is 11.2. The van der Waals surface area contributed by atoms with Crippen LogP contribution in [0.4, 0.5) is 18.3 Å². The second kappa shape index (κ2) is 7.99. The molecule has 0 aromatic carbocycles. The van der Waals surface area contributed by atoms with Gasteiger partial charge in [-0.05, 0) is 30.4 Å². The molecular weight excluding hydrogens is 411 g/mol. The number of alkyl halides is 3. The summed E-state index contributed by atoms with van der Waals surface area (Å²) in [6, 6.07) is 2.83. The molecule has 0 aliphatic carbocycles. The number of pyridine rings is 2. The van der Waals surface area contributed by atoms with Gasteiger partial charge >= 0.3 is 6.18 Å². The molecule has 3 aromatic rings. The lowest BCUT2D eigenvalue weighted by Crippen LogP contribution is -2.22. The molecule has 12 heteroatoms. The zero-order chi connectivity index (χ0) is 21.2. The summed E-state index contributed by atoms with van der Waals surface area (Å²) in [6.07, 6.45) is -2.14. The van der Waals surface area contributed by atoms with Crippen molar-refractivity contribution >= 4 is 22.4 Å². The third-order valence-corrected chi connectivity index (χ3v) is 4.54. The van der Waals surface area contributed by atoms with Crippen LogP contribution in [0.15, 0.2) is 24.5 Å². The van der Waals surface area contributed by atoms with Gasteiger partial charge in [0.15, 0.2) is 5.69 Å². The highest BCUT2D eigenvalue weighted by molar-refractivity contribution is 7.17. The van der Waals surface area contributed by atoms with Crippen molar-refractivity contribution in [3.05, 3.63) is 41.5 Å². The summed E-state index contributed by atoms with van der Waals surface area (Å²) in [6.45, 7) is 1.41. The Morgan fingerprint density at radius 3 is 2.55 bits per heavy atom. The number of aromatic nitrogens is 4. The lowest BCUT2D eigenvalue weighted by molar-refractivity contribution is -0.141. The first-order chi connectivity index (χ1) is 13.7. The van der Waals surface area contributed by atoms with Gasteiger partial charge in [-0.3, -0.25) is 15.1 Å². The zero-order valence-corrected chi connectivity index (χ0v) is 16.2. The highest BCUT2D eigenvalue weighted by Gasteiger charge is 2.39. The van der Waals surface area contributed by atoms with Crippen LogP contribution in [0.5, 0.6) is 10.9 Å². The van der Waals surface area contributed by atoms with Crippen LogP contribution in [0, 0.1) is 6.92 Å². The summed E-state index contributed by atoms with van der Waals surface area (Å²) in [5.74, 6) is -0.838. The maximum atomic E-state index is 13.7. The minimum absolute atomic E-state index is 0.00180. The van der Waals surface area contributed by atoms with Crippen molar-refractivity contribution in [3.63, 3.8) is 0 Å². The summed E-state index contributed by atoms with van der Waals surface area (Å²) in [7, 11) is 2.71. The SMILES string of the molecule is COc1nnc(NC(=O)c2c(-c3ccncc3OC)cc(C)nc2C(F)(F)F)s1. The molecule has 0 atom stereocenters. The number of methoxy groups -OCH3 is 2. The summed E-state index contributed by atoms with van der Waals surface area (Å²) in [4.78, 5) is 20.3. The average molecular weight is 425 g/mol. The molecule has 3 heterocycles. The minimum Gasteiger partial charge on any atom is -0.494 e. The molecule has 0 spiro atoms. The number of amides is 1. The maximum absolute atomic E-state index is 13.7. The number of nitrogens with one attached hydrogen (secondary N) is 1. The standard InChI is InChI=1S/C17H14F3N5O3S/c1-8-6-10(9-4-5-21-7-11(9)27-2)12(13(22-8)17(18,19)20)14(26)23-15-24-25-16(28-3)29-15/h4-7H,1-3H3,(H,23,24,26). The number of hydrogen-bond acceptors (Lipinski definition) is 8. The van der Waals surface area contributed by atoms with Crippen LogP contribution in [0.1, 0.15) is 21.7 Å². The van der Waals surface area contributed by atoms with Crippen molar-refractivity contribution in [2.45, 2.75) is 13.1 Å². The van der Waals surface area contributed by atoms with Crippen molar-refractivity contribution in [1.82, 2.24) is 20.2 Å². The number of carbonyl (C=O) groups is 1. The van der Waals surface area contributed by atoms with Crippen molar-refractivity contribution in [3.8, 4) is 22.1 Å². The van der Waals surface area contributed by atoms with E-state index in [4.69, 9.17) is 9.47 Å². The van der Waals surface area contributed by atoms with Gasteiger partial charge in [-0.1, -0.05) is 5.10 Å². The van der Waals surface area contributed by atoms with E-state index in [2.05, 4.69) is 25.5 Å². The van der Waals surface area contributed by atoms with Crippen LogP contribution in [-0.2, 0) is 6.18 Å². The van der Waals surface area contributed by atoms with Gasteiger partial charge in [-0.25, -0.2) is 4.98 Å². The van der Waals surface area contributed by atoms with Gasteiger partial charge in [0.25, 0.3) is 11.1 Å². The fraction of sp³-hybridized carbons (Fsp3) is 0.235. The van der Waals surface area contributed by atoms with Gasteiger partial charge < -0.3 is 9.47 Å². The van der Waals surface area contributed by atoms with E-state index >= 15 is 0 Å². The van der Waals surface area contributed by atoms with Gasteiger partial charge in [0.05, 0.1) is 26.0 Å². The molecule has 0 unspecified atom stereocenters. The van der Waals surface area contributed by atoms with Gasteiger partial charge in [-0.15, -0.1) is 5.10 Å². The number of hydrogen-bond donors (Lipinski definition) is 1. The molecular formula is C17H14F3N5O3S. The fourth-order valence-corrected chi connectivity index (χ4v) is 3.14. The maximum Gasteiger partial charge on any atom is 0.434 e. The number of nitrogens with zero attached hydrogens (tertiary/aromatic N) is 4. The van der Waals surface area contributed by atoms with E-state index in [-0.39, 0.29) is 32.9 Å². The Morgan fingerprint density at radius 1 is 1.17 bits per heavy atom. The van der Waals surface area contributed by atoms with Gasteiger partial charge in [-0.2, -0.15) is 13.2 Å². The molecule has 3 aromatic heterocycles. The molecule has 1 N–H and O–H groups in total. The van der Waals surface area contributed by atoms with Crippen molar-refractivity contribution in [2.75, 3.05) is 19.5 Å². The highest BCUT2D eigenvalue weighted by Crippen LogP contribution is 2.39. The van der Waals surface area contributed by atoms with Crippen molar-refractivity contribution < 1.29 is 27.4 Å². The van der Waals surface area contributed by atoms with Gasteiger partial charge in [0.2, 0.25) is 5.13 Å². The van der Waals surface area contributed by atoms with Crippen LogP contribution in [-0.4, -0.2) is 40.3 Å². The van der Waals surface area contributed by atoms with E-state index in [9.17, 15) is 18.0 Å². The lowest BCUT2D eigenvalue weighted by atomic mass is 9.97. The Bertz CT molecular complexity index is 1060. The quantitative estimate of drug-likeness (QED) is 0.667.